The number of nitrogens with zero attached hydrogens (tertiary/aromatic N) is 2. The van der Waals surface area contributed by atoms with E-state index in [9.17, 15) is 9.90 Å². The van der Waals surface area contributed by atoms with Gasteiger partial charge in [-0.1, -0.05) is 6.07 Å². The molecular weight excluding hydrogens is 232 g/mol. The zero-order chi connectivity index (χ0) is 13.7. The molecule has 0 aliphatic carbocycles. The van der Waals surface area contributed by atoms with Crippen molar-refractivity contribution in [2.45, 2.75) is 6.54 Å². The predicted molar refractivity (Wildman–Crippen MR) is 69.7 cm³/mol. The molecule has 0 heterocycles. The number of carbonyl (C=O) groups excluding carboxylic acids is 1. The Hall–Kier alpha value is -1.75. The van der Waals surface area contributed by atoms with Crippen molar-refractivity contribution in [3.63, 3.8) is 0 Å². The van der Waals surface area contributed by atoms with Crippen molar-refractivity contribution in [3.05, 3.63) is 23.8 Å². The van der Waals surface area contributed by atoms with Crippen molar-refractivity contribution in [1.82, 2.24) is 9.80 Å². The van der Waals surface area contributed by atoms with Gasteiger partial charge < -0.3 is 14.7 Å². The average Bonchev–Trinajstić information content (AvgIpc) is 2.31. The van der Waals surface area contributed by atoms with E-state index < -0.39 is 0 Å². The van der Waals surface area contributed by atoms with E-state index in [0.717, 1.165) is 5.56 Å². The summed E-state index contributed by atoms with van der Waals surface area (Å²) in [7, 11) is 6.84. The Kier molecular flexibility index (Phi) is 4.97. The number of aromatic hydroxyl groups is 1. The number of carbonyl (C=O) groups is 1. The van der Waals surface area contributed by atoms with E-state index >= 15 is 0 Å². The van der Waals surface area contributed by atoms with E-state index in [2.05, 4.69) is 0 Å². The van der Waals surface area contributed by atoms with Gasteiger partial charge >= 0.3 is 0 Å². The van der Waals surface area contributed by atoms with Crippen LogP contribution in [0.3, 0.4) is 0 Å². The van der Waals surface area contributed by atoms with Crippen LogP contribution in [0, 0.1) is 0 Å². The summed E-state index contributed by atoms with van der Waals surface area (Å²) in [6.07, 6.45) is 0. The number of amides is 1. The third-order valence-corrected chi connectivity index (χ3v) is 2.64. The van der Waals surface area contributed by atoms with E-state index in [0.29, 0.717) is 18.8 Å². The number of likely N-dealkylation sites (N-methyl/N-ethyl adjacent to an activating group) is 2. The molecule has 5 heteroatoms. The lowest BCUT2D eigenvalue weighted by atomic mass is 10.2. The van der Waals surface area contributed by atoms with E-state index in [1.807, 2.05) is 11.9 Å². The fourth-order valence-electron chi connectivity index (χ4n) is 1.52. The summed E-state index contributed by atoms with van der Waals surface area (Å²) in [6.45, 7) is 0.827. The second-order valence-corrected chi connectivity index (χ2v) is 4.46. The van der Waals surface area contributed by atoms with Crippen LogP contribution in [0.1, 0.15) is 5.56 Å². The minimum Gasteiger partial charge on any atom is -0.507 e. The van der Waals surface area contributed by atoms with Gasteiger partial charge in [-0.2, -0.15) is 0 Å². The quantitative estimate of drug-likeness (QED) is 0.846. The van der Waals surface area contributed by atoms with E-state index in [4.69, 9.17) is 4.74 Å². The number of ether oxygens (including phenoxy) is 1. The van der Waals surface area contributed by atoms with Gasteiger partial charge in [-0.15, -0.1) is 0 Å². The second kappa shape index (κ2) is 6.26. The summed E-state index contributed by atoms with van der Waals surface area (Å²) in [5.74, 6) is 0.826. The summed E-state index contributed by atoms with van der Waals surface area (Å²) in [5.41, 5.74) is 0.768. The van der Waals surface area contributed by atoms with Crippen molar-refractivity contribution in [2.24, 2.45) is 0 Å². The highest BCUT2D eigenvalue weighted by atomic mass is 16.5. The van der Waals surface area contributed by atoms with Crippen LogP contribution >= 0.6 is 0 Å². The van der Waals surface area contributed by atoms with Gasteiger partial charge in [0.1, 0.15) is 11.5 Å². The van der Waals surface area contributed by atoms with Gasteiger partial charge in [-0.05, 0) is 13.1 Å². The van der Waals surface area contributed by atoms with Gasteiger partial charge in [0.2, 0.25) is 5.91 Å². The van der Waals surface area contributed by atoms with Crippen molar-refractivity contribution in [1.29, 1.82) is 0 Å². The minimum atomic E-state index is 0.0329. The molecule has 0 atom stereocenters. The fourth-order valence-corrected chi connectivity index (χ4v) is 1.52. The SMILES string of the molecule is COc1ccc(CN(C)CC(=O)N(C)C)c(O)c1. The number of hydrogen-bond acceptors (Lipinski definition) is 4. The molecule has 1 aromatic carbocycles. The molecule has 0 aromatic heterocycles. The number of hydrogen-bond donors (Lipinski definition) is 1. The standard InChI is InChI=1S/C13H20N2O3/c1-14(2)13(17)9-15(3)8-10-5-6-11(18-4)7-12(10)16/h5-7,16H,8-9H2,1-4H3. The lowest BCUT2D eigenvalue weighted by Crippen LogP contribution is -2.34. The lowest BCUT2D eigenvalue weighted by molar-refractivity contribution is -0.129. The van der Waals surface area contributed by atoms with Gasteiger partial charge in [0.05, 0.1) is 13.7 Å². The second-order valence-electron chi connectivity index (χ2n) is 4.46. The topological polar surface area (TPSA) is 53.0 Å². The Labute approximate surface area is 108 Å². The van der Waals surface area contributed by atoms with Gasteiger partial charge in [0.25, 0.3) is 0 Å². The van der Waals surface area contributed by atoms with E-state index in [-0.39, 0.29) is 11.7 Å². The molecule has 18 heavy (non-hydrogen) atoms. The van der Waals surface area contributed by atoms with Crippen molar-refractivity contribution < 1.29 is 14.6 Å². The lowest BCUT2D eigenvalue weighted by Gasteiger charge is -2.19. The number of rotatable bonds is 5. The van der Waals surface area contributed by atoms with Crippen molar-refractivity contribution in [3.8, 4) is 11.5 Å². The highest BCUT2D eigenvalue weighted by Gasteiger charge is 2.11. The molecule has 1 rings (SSSR count). The first kappa shape index (κ1) is 14.3. The minimum absolute atomic E-state index is 0.0329. The Morgan fingerprint density at radius 3 is 2.50 bits per heavy atom. The molecule has 5 nitrogen and oxygen atoms in total. The maximum atomic E-state index is 11.5. The molecule has 0 saturated carbocycles. The molecule has 0 saturated heterocycles. The molecule has 1 N–H and O–H groups in total. The highest BCUT2D eigenvalue weighted by molar-refractivity contribution is 5.77. The molecule has 0 bridgehead atoms. The van der Waals surface area contributed by atoms with Crippen LogP contribution in [-0.2, 0) is 11.3 Å². The number of phenols is 1. The number of phenolic OH excluding ortho intramolecular Hbond substituents is 1. The van der Waals surface area contributed by atoms with Crippen LogP contribution < -0.4 is 4.74 Å². The van der Waals surface area contributed by atoms with E-state index in [1.165, 1.54) is 0 Å². The van der Waals surface area contributed by atoms with E-state index in [1.54, 1.807) is 44.3 Å². The van der Waals surface area contributed by atoms with Gasteiger partial charge in [0.15, 0.2) is 0 Å². The van der Waals surface area contributed by atoms with Crippen LogP contribution in [0.4, 0.5) is 0 Å². The average molecular weight is 252 g/mol. The van der Waals surface area contributed by atoms with Gasteiger partial charge in [0, 0.05) is 32.3 Å². The first-order valence-electron chi connectivity index (χ1n) is 5.68. The zero-order valence-electron chi connectivity index (χ0n) is 11.3. The first-order valence-corrected chi connectivity index (χ1v) is 5.68. The maximum absolute atomic E-state index is 11.5. The summed E-state index contributed by atoms with van der Waals surface area (Å²) in [4.78, 5) is 14.9. The Bertz CT molecular complexity index is 419. The van der Waals surface area contributed by atoms with Gasteiger partial charge in [-0.25, -0.2) is 0 Å². The normalized spacial score (nSPS) is 10.5. The molecule has 1 aromatic rings. The first-order chi connectivity index (χ1) is 8.43. The summed E-state index contributed by atoms with van der Waals surface area (Å²) < 4.78 is 5.02. The predicted octanol–water partition coefficient (Wildman–Crippen LogP) is 0.921. The van der Waals surface area contributed by atoms with Crippen molar-refractivity contribution in [2.75, 3.05) is 34.8 Å². The van der Waals surface area contributed by atoms with Crippen LogP contribution in [-0.4, -0.2) is 55.6 Å². The Balaban J connectivity index is 2.64. The fraction of sp³-hybridized carbons (Fsp3) is 0.462. The third kappa shape index (κ3) is 3.92. The smallest absolute Gasteiger partial charge is 0.236 e. The molecule has 0 aliphatic rings. The molecule has 0 radical (unpaired) electrons. The Morgan fingerprint density at radius 1 is 1.33 bits per heavy atom. The molecule has 0 fully saturated rings. The molecule has 100 valence electrons. The highest BCUT2D eigenvalue weighted by Crippen LogP contribution is 2.24. The largest absolute Gasteiger partial charge is 0.507 e. The number of methoxy groups -OCH3 is 1. The Morgan fingerprint density at radius 2 is 2.00 bits per heavy atom. The summed E-state index contributed by atoms with van der Waals surface area (Å²) >= 11 is 0. The third-order valence-electron chi connectivity index (χ3n) is 2.64. The maximum Gasteiger partial charge on any atom is 0.236 e. The molecule has 0 aliphatic heterocycles. The van der Waals surface area contributed by atoms with Crippen LogP contribution in [0.2, 0.25) is 0 Å². The van der Waals surface area contributed by atoms with Crippen LogP contribution in [0.25, 0.3) is 0 Å². The molecule has 1 amide bonds. The summed E-state index contributed by atoms with van der Waals surface area (Å²) in [6, 6.07) is 5.15. The van der Waals surface area contributed by atoms with Gasteiger partial charge in [-0.3, -0.25) is 9.69 Å². The molecule has 0 unspecified atom stereocenters. The zero-order valence-corrected chi connectivity index (χ0v) is 11.3. The molecular formula is C13H20N2O3. The van der Waals surface area contributed by atoms with Crippen LogP contribution in [0.15, 0.2) is 18.2 Å². The van der Waals surface area contributed by atoms with Crippen LogP contribution in [0.5, 0.6) is 11.5 Å². The van der Waals surface area contributed by atoms with Crippen molar-refractivity contribution >= 4 is 5.91 Å². The number of benzene rings is 1. The summed E-state index contributed by atoms with van der Waals surface area (Å²) in [5, 5.41) is 9.81. The molecule has 0 spiro atoms. The monoisotopic (exact) mass is 252 g/mol.